The number of rotatable bonds is 4. The van der Waals surface area contributed by atoms with Crippen LogP contribution in [-0.4, -0.2) is 34.0 Å². The molecular formula is C26H28N2O2. The van der Waals surface area contributed by atoms with E-state index in [0.717, 1.165) is 36.9 Å². The average molecular weight is 401 g/mol. The monoisotopic (exact) mass is 400 g/mol. The fraction of sp³-hybridized carbons (Fsp3) is 0.385. The van der Waals surface area contributed by atoms with Gasteiger partial charge in [-0.15, -0.1) is 0 Å². The molecule has 30 heavy (non-hydrogen) atoms. The molecule has 2 saturated heterocycles. The Balaban J connectivity index is 1.31. The molecule has 3 heterocycles. The van der Waals surface area contributed by atoms with E-state index in [0.29, 0.717) is 24.4 Å². The van der Waals surface area contributed by atoms with E-state index in [4.69, 9.17) is 4.74 Å². The summed E-state index contributed by atoms with van der Waals surface area (Å²) in [5, 5.41) is 1.17. The highest BCUT2D eigenvalue weighted by Crippen LogP contribution is 2.38. The Labute approximate surface area is 177 Å². The zero-order valence-electron chi connectivity index (χ0n) is 17.7. The van der Waals surface area contributed by atoms with Gasteiger partial charge in [-0.3, -0.25) is 9.78 Å². The fourth-order valence-corrected chi connectivity index (χ4v) is 5.32. The number of amides is 1. The lowest BCUT2D eigenvalue weighted by Crippen LogP contribution is -2.49. The van der Waals surface area contributed by atoms with E-state index in [2.05, 4.69) is 59.3 Å². The number of carbonyl (C=O) groups excluding carboxylic acids is 1. The van der Waals surface area contributed by atoms with Crippen LogP contribution >= 0.6 is 0 Å². The van der Waals surface area contributed by atoms with Crippen molar-refractivity contribution in [1.82, 2.24) is 9.88 Å². The van der Waals surface area contributed by atoms with Crippen LogP contribution in [0.2, 0.25) is 0 Å². The summed E-state index contributed by atoms with van der Waals surface area (Å²) in [6.07, 6.45) is 6.76. The summed E-state index contributed by atoms with van der Waals surface area (Å²) in [4.78, 5) is 18.9. The third-order valence-electron chi connectivity index (χ3n) is 6.78. The second-order valence-electron chi connectivity index (χ2n) is 8.59. The van der Waals surface area contributed by atoms with Crippen LogP contribution in [0.5, 0.6) is 5.75 Å². The van der Waals surface area contributed by atoms with Crippen molar-refractivity contribution in [2.45, 2.75) is 64.1 Å². The highest BCUT2D eigenvalue weighted by Gasteiger charge is 2.43. The number of carbonyl (C=O) groups is 1. The molecule has 3 aromatic rings. The summed E-state index contributed by atoms with van der Waals surface area (Å²) >= 11 is 0. The number of pyridine rings is 1. The number of ether oxygens (including phenoxy) is 1. The predicted octanol–water partition coefficient (Wildman–Crippen LogP) is 5.52. The van der Waals surface area contributed by atoms with Crippen molar-refractivity contribution in [3.05, 3.63) is 60.3 Å². The molecule has 2 aliphatic heterocycles. The molecule has 4 heteroatoms. The van der Waals surface area contributed by atoms with Crippen LogP contribution in [0.1, 0.15) is 44.6 Å². The van der Waals surface area contributed by atoms with Gasteiger partial charge in [0.05, 0.1) is 5.52 Å². The minimum atomic E-state index is 0.195. The molecule has 0 N–H and O–H groups in total. The Morgan fingerprint density at radius 2 is 1.80 bits per heavy atom. The van der Waals surface area contributed by atoms with Gasteiger partial charge in [-0.1, -0.05) is 37.3 Å². The predicted molar refractivity (Wildman–Crippen MR) is 120 cm³/mol. The van der Waals surface area contributed by atoms with Crippen LogP contribution in [0.15, 0.2) is 54.7 Å². The molecule has 1 aromatic heterocycles. The summed E-state index contributed by atoms with van der Waals surface area (Å²) in [6.45, 7) is 4.09. The fourth-order valence-electron chi connectivity index (χ4n) is 5.32. The van der Waals surface area contributed by atoms with E-state index in [9.17, 15) is 4.79 Å². The van der Waals surface area contributed by atoms with Crippen molar-refractivity contribution in [2.24, 2.45) is 0 Å². The number of hydrogen-bond acceptors (Lipinski definition) is 3. The van der Waals surface area contributed by atoms with Gasteiger partial charge in [0.2, 0.25) is 5.91 Å². The first-order valence-electron chi connectivity index (χ1n) is 11.1. The number of aryl methyl sites for hydroxylation is 1. The van der Waals surface area contributed by atoms with Crippen LogP contribution in [0.4, 0.5) is 0 Å². The van der Waals surface area contributed by atoms with E-state index in [1.54, 1.807) is 0 Å². The van der Waals surface area contributed by atoms with Crippen LogP contribution < -0.4 is 4.74 Å². The Bertz CT molecular complexity index is 1060. The number of nitrogens with zero attached hydrogens (tertiary/aromatic N) is 2. The molecule has 154 valence electrons. The van der Waals surface area contributed by atoms with Crippen molar-refractivity contribution < 1.29 is 9.53 Å². The van der Waals surface area contributed by atoms with Gasteiger partial charge in [-0.25, -0.2) is 0 Å². The highest BCUT2D eigenvalue weighted by atomic mass is 16.5. The summed E-state index contributed by atoms with van der Waals surface area (Å²) in [5.74, 6) is 1.21. The average Bonchev–Trinajstić information content (AvgIpc) is 3.05. The van der Waals surface area contributed by atoms with Gasteiger partial charge >= 0.3 is 0 Å². The van der Waals surface area contributed by atoms with E-state index < -0.39 is 0 Å². The minimum absolute atomic E-state index is 0.195. The molecule has 5 rings (SSSR count). The summed E-state index contributed by atoms with van der Waals surface area (Å²) in [6, 6.07) is 17.5. The topological polar surface area (TPSA) is 42.4 Å². The highest BCUT2D eigenvalue weighted by molar-refractivity contribution is 5.88. The largest absolute Gasteiger partial charge is 0.490 e. The summed E-state index contributed by atoms with van der Waals surface area (Å²) < 4.78 is 6.34. The number of piperidine rings is 1. The second kappa shape index (κ2) is 7.75. The normalized spacial score (nSPS) is 23.0. The van der Waals surface area contributed by atoms with Gasteiger partial charge in [-0.05, 0) is 54.7 Å². The third kappa shape index (κ3) is 3.34. The number of aromatic nitrogens is 1. The van der Waals surface area contributed by atoms with Gasteiger partial charge in [-0.2, -0.15) is 0 Å². The van der Waals surface area contributed by atoms with Crippen LogP contribution in [0.3, 0.4) is 0 Å². The molecule has 0 aliphatic carbocycles. The molecular weight excluding hydrogens is 372 g/mol. The number of fused-ring (bicyclic) bond motifs is 3. The molecule has 0 radical (unpaired) electrons. The van der Waals surface area contributed by atoms with Gasteiger partial charge in [0.15, 0.2) is 0 Å². The quantitative estimate of drug-likeness (QED) is 0.579. The lowest BCUT2D eigenvalue weighted by Gasteiger charge is -2.38. The number of benzene rings is 2. The summed E-state index contributed by atoms with van der Waals surface area (Å²) in [7, 11) is 0. The molecule has 4 nitrogen and oxygen atoms in total. The Morgan fingerprint density at radius 1 is 1.07 bits per heavy atom. The van der Waals surface area contributed by atoms with E-state index in [1.807, 2.05) is 19.2 Å². The third-order valence-corrected chi connectivity index (χ3v) is 6.78. The zero-order chi connectivity index (χ0) is 20.7. The lowest BCUT2D eigenvalue weighted by molar-refractivity contribution is -0.136. The Kier molecular flexibility index (Phi) is 4.93. The lowest BCUT2D eigenvalue weighted by atomic mass is 9.97. The maximum atomic E-state index is 12.3. The van der Waals surface area contributed by atoms with Gasteiger partial charge in [0, 0.05) is 42.9 Å². The van der Waals surface area contributed by atoms with Crippen molar-refractivity contribution >= 4 is 16.8 Å². The molecule has 3 atom stereocenters. The Hall–Kier alpha value is -2.88. The smallest absolute Gasteiger partial charge is 0.222 e. The standard InChI is InChI=1S/C26H28N2O2/c1-3-25(29)28-20-9-10-21(28)16-23(15-20)30-22-11-6-18(7-12-22)24-13-8-19-5-4-14-27-26(19)17(24)2/h4-8,11-14,20-21,23H,3,9-10,15-16H2,1-2H3/t20-,21+,23+. The molecule has 0 saturated carbocycles. The van der Waals surface area contributed by atoms with Gasteiger partial charge < -0.3 is 9.64 Å². The first-order valence-corrected chi connectivity index (χ1v) is 11.1. The minimum Gasteiger partial charge on any atom is -0.490 e. The summed E-state index contributed by atoms with van der Waals surface area (Å²) in [5.41, 5.74) is 4.64. The first-order chi connectivity index (χ1) is 14.6. The maximum Gasteiger partial charge on any atom is 0.222 e. The van der Waals surface area contributed by atoms with Crippen molar-refractivity contribution in [3.63, 3.8) is 0 Å². The van der Waals surface area contributed by atoms with E-state index >= 15 is 0 Å². The molecule has 0 spiro atoms. The maximum absolute atomic E-state index is 12.3. The van der Waals surface area contributed by atoms with Crippen molar-refractivity contribution in [3.8, 4) is 16.9 Å². The zero-order valence-corrected chi connectivity index (χ0v) is 17.7. The molecule has 2 fully saturated rings. The number of hydrogen-bond donors (Lipinski definition) is 0. The van der Waals surface area contributed by atoms with Gasteiger partial charge in [0.1, 0.15) is 11.9 Å². The first kappa shape index (κ1) is 19.1. The van der Waals surface area contributed by atoms with Crippen LogP contribution in [0.25, 0.3) is 22.0 Å². The van der Waals surface area contributed by atoms with Crippen LogP contribution in [0, 0.1) is 6.92 Å². The van der Waals surface area contributed by atoms with Crippen molar-refractivity contribution in [2.75, 3.05) is 0 Å². The van der Waals surface area contributed by atoms with Crippen molar-refractivity contribution in [1.29, 1.82) is 0 Å². The van der Waals surface area contributed by atoms with Gasteiger partial charge in [0.25, 0.3) is 0 Å². The molecule has 2 bridgehead atoms. The molecule has 0 unspecified atom stereocenters. The molecule has 2 aliphatic rings. The van der Waals surface area contributed by atoms with Crippen LogP contribution in [-0.2, 0) is 4.79 Å². The second-order valence-corrected chi connectivity index (χ2v) is 8.59. The molecule has 2 aromatic carbocycles. The Morgan fingerprint density at radius 3 is 2.50 bits per heavy atom. The van der Waals surface area contributed by atoms with E-state index in [-0.39, 0.29) is 6.10 Å². The molecule has 1 amide bonds. The van der Waals surface area contributed by atoms with E-state index in [1.165, 1.54) is 22.1 Å². The SMILES string of the molecule is CCC(=O)N1[C@@H]2CC[C@H]1C[C@@H](Oc1ccc(-c3ccc4cccnc4c3C)cc1)C2.